The van der Waals surface area contributed by atoms with E-state index < -0.39 is 0 Å². The van der Waals surface area contributed by atoms with Gasteiger partial charge in [0.05, 0.1) is 5.56 Å². The zero-order valence-corrected chi connectivity index (χ0v) is 15.0. The number of carbonyl (C=O) groups excluding carboxylic acids is 2. The number of carbonyl (C=O) groups is 2. The molecule has 6 nitrogen and oxygen atoms in total. The first-order valence-corrected chi connectivity index (χ1v) is 7.73. The molecule has 0 bridgehead atoms. The van der Waals surface area contributed by atoms with Crippen molar-refractivity contribution in [2.75, 3.05) is 39.8 Å². The Morgan fingerprint density at radius 3 is 2.26 bits per heavy atom. The van der Waals surface area contributed by atoms with E-state index in [0.717, 1.165) is 5.76 Å². The number of hydrogen-bond acceptors (Lipinski definition) is 4. The molecular weight excluding hydrogens is 318 g/mol. The summed E-state index contributed by atoms with van der Waals surface area (Å²) in [5, 5.41) is 3.02. The Kier molecular flexibility index (Phi) is 7.09. The summed E-state index contributed by atoms with van der Waals surface area (Å²) >= 11 is 0. The number of furan rings is 1. The first kappa shape index (κ1) is 19.5. The lowest BCUT2D eigenvalue weighted by Gasteiger charge is -2.36. The molecule has 2 rings (SSSR count). The smallest absolute Gasteiger partial charge is 0.257 e. The number of rotatable bonds is 4. The van der Waals surface area contributed by atoms with Crippen molar-refractivity contribution in [3.05, 3.63) is 23.2 Å². The minimum atomic E-state index is -0.0361. The van der Waals surface area contributed by atoms with E-state index in [9.17, 15) is 9.59 Å². The molecule has 23 heavy (non-hydrogen) atoms. The van der Waals surface area contributed by atoms with Crippen molar-refractivity contribution in [1.29, 1.82) is 0 Å². The predicted molar refractivity (Wildman–Crippen MR) is 91.0 cm³/mol. The number of nitrogens with zero attached hydrogens (tertiary/aromatic N) is 2. The van der Waals surface area contributed by atoms with E-state index in [1.165, 1.54) is 0 Å². The lowest BCUT2D eigenvalue weighted by molar-refractivity contribution is -0.136. The minimum Gasteiger partial charge on any atom is -0.466 e. The van der Waals surface area contributed by atoms with E-state index >= 15 is 0 Å². The van der Waals surface area contributed by atoms with E-state index in [2.05, 4.69) is 5.32 Å². The van der Waals surface area contributed by atoms with Gasteiger partial charge in [-0.1, -0.05) is 6.92 Å². The van der Waals surface area contributed by atoms with Crippen LogP contribution in [0.4, 0.5) is 0 Å². The van der Waals surface area contributed by atoms with E-state index in [-0.39, 0.29) is 30.1 Å². The highest BCUT2D eigenvalue weighted by Gasteiger charge is 2.28. The molecule has 1 N–H and O–H groups in total. The van der Waals surface area contributed by atoms with Gasteiger partial charge in [-0.05, 0) is 27.0 Å². The Labute approximate surface area is 143 Å². The quantitative estimate of drug-likeness (QED) is 0.898. The molecule has 1 unspecified atom stereocenters. The molecule has 2 heterocycles. The first-order chi connectivity index (χ1) is 10.4. The topological polar surface area (TPSA) is 65.8 Å². The highest BCUT2D eigenvalue weighted by molar-refractivity contribution is 5.95. The molecule has 0 spiro atoms. The van der Waals surface area contributed by atoms with Gasteiger partial charge < -0.3 is 19.5 Å². The largest absolute Gasteiger partial charge is 0.466 e. The lowest BCUT2D eigenvalue weighted by Crippen LogP contribution is -2.52. The van der Waals surface area contributed by atoms with Crippen molar-refractivity contribution in [2.24, 2.45) is 5.92 Å². The van der Waals surface area contributed by atoms with Gasteiger partial charge >= 0.3 is 0 Å². The van der Waals surface area contributed by atoms with Gasteiger partial charge in [-0.3, -0.25) is 9.59 Å². The number of piperazine rings is 1. The van der Waals surface area contributed by atoms with Crippen LogP contribution in [0.5, 0.6) is 0 Å². The molecule has 1 saturated heterocycles. The Morgan fingerprint density at radius 2 is 1.78 bits per heavy atom. The summed E-state index contributed by atoms with van der Waals surface area (Å²) in [7, 11) is 1.84. The van der Waals surface area contributed by atoms with Crippen LogP contribution >= 0.6 is 12.4 Å². The van der Waals surface area contributed by atoms with E-state index in [1.54, 1.807) is 17.9 Å². The molecule has 1 aliphatic rings. The molecule has 1 fully saturated rings. The minimum absolute atomic E-state index is 0. The third kappa shape index (κ3) is 4.48. The van der Waals surface area contributed by atoms with Gasteiger partial charge in [0.2, 0.25) is 5.91 Å². The fourth-order valence-corrected chi connectivity index (χ4v) is 2.85. The van der Waals surface area contributed by atoms with Crippen molar-refractivity contribution >= 4 is 24.2 Å². The Bertz CT molecular complexity index is 551. The molecule has 7 heteroatoms. The lowest BCUT2D eigenvalue weighted by atomic mass is 10.1. The van der Waals surface area contributed by atoms with Gasteiger partial charge in [-0.2, -0.15) is 0 Å². The summed E-state index contributed by atoms with van der Waals surface area (Å²) in [6.45, 7) is 8.56. The molecule has 1 aliphatic heterocycles. The third-order valence-electron chi connectivity index (χ3n) is 4.08. The van der Waals surface area contributed by atoms with Gasteiger partial charge in [0.15, 0.2) is 0 Å². The molecule has 0 radical (unpaired) electrons. The van der Waals surface area contributed by atoms with E-state index in [1.807, 2.05) is 25.8 Å². The fraction of sp³-hybridized carbons (Fsp3) is 0.625. The summed E-state index contributed by atoms with van der Waals surface area (Å²) in [4.78, 5) is 28.4. The number of halogens is 1. The summed E-state index contributed by atoms with van der Waals surface area (Å²) in [5.41, 5.74) is 0.626. The van der Waals surface area contributed by atoms with Gasteiger partial charge in [-0.15, -0.1) is 12.4 Å². The Balaban J connectivity index is 0.00000264. The number of nitrogens with one attached hydrogen (secondary N) is 1. The van der Waals surface area contributed by atoms with Crippen LogP contribution in [0.2, 0.25) is 0 Å². The van der Waals surface area contributed by atoms with Crippen molar-refractivity contribution in [2.45, 2.75) is 20.8 Å². The predicted octanol–water partition coefficient (Wildman–Crippen LogP) is 1.46. The molecule has 0 aliphatic carbocycles. The zero-order chi connectivity index (χ0) is 16.3. The zero-order valence-electron chi connectivity index (χ0n) is 14.2. The molecule has 0 saturated carbocycles. The van der Waals surface area contributed by atoms with Crippen LogP contribution in [0.15, 0.2) is 10.5 Å². The number of amides is 2. The summed E-state index contributed by atoms with van der Waals surface area (Å²) in [5.74, 6) is 1.51. The number of hydrogen-bond donors (Lipinski definition) is 1. The first-order valence-electron chi connectivity index (χ1n) is 7.73. The van der Waals surface area contributed by atoms with Gasteiger partial charge in [0.25, 0.3) is 5.91 Å². The second-order valence-corrected chi connectivity index (χ2v) is 5.90. The van der Waals surface area contributed by atoms with Gasteiger partial charge in [0.1, 0.15) is 11.5 Å². The molecular formula is C16H26ClN3O3. The van der Waals surface area contributed by atoms with Crippen molar-refractivity contribution in [3.8, 4) is 0 Å². The SMILES string of the molecule is CNCC(C)C(=O)N1CCN(C(=O)c2cc(C)oc2C)CC1.Cl. The molecule has 1 atom stereocenters. The van der Waals surface area contributed by atoms with Crippen molar-refractivity contribution in [1.82, 2.24) is 15.1 Å². The maximum atomic E-state index is 12.5. The van der Waals surface area contributed by atoms with E-state index in [4.69, 9.17) is 4.42 Å². The van der Waals surface area contributed by atoms with Crippen LogP contribution in [0.25, 0.3) is 0 Å². The van der Waals surface area contributed by atoms with Crippen LogP contribution in [-0.4, -0.2) is 61.4 Å². The molecule has 1 aromatic rings. The third-order valence-corrected chi connectivity index (χ3v) is 4.08. The standard InChI is InChI=1S/C16H25N3O3.ClH/c1-11(10-17-4)15(20)18-5-7-19(8-6-18)16(21)14-9-12(2)22-13(14)3;/h9,11,17H,5-8,10H2,1-4H3;1H. The van der Waals surface area contributed by atoms with Crippen molar-refractivity contribution in [3.63, 3.8) is 0 Å². The van der Waals surface area contributed by atoms with Crippen LogP contribution in [0.1, 0.15) is 28.8 Å². The van der Waals surface area contributed by atoms with Crippen LogP contribution in [0.3, 0.4) is 0 Å². The number of aryl methyl sites for hydroxylation is 2. The van der Waals surface area contributed by atoms with E-state index in [0.29, 0.717) is 44.0 Å². The summed E-state index contributed by atoms with van der Waals surface area (Å²) in [6.07, 6.45) is 0. The molecule has 1 aromatic heterocycles. The van der Waals surface area contributed by atoms with Crippen molar-refractivity contribution < 1.29 is 14.0 Å². The Morgan fingerprint density at radius 1 is 1.22 bits per heavy atom. The second kappa shape index (κ2) is 8.36. The van der Waals surface area contributed by atoms with Gasteiger partial charge in [-0.25, -0.2) is 0 Å². The second-order valence-electron chi connectivity index (χ2n) is 5.90. The normalized spacial score (nSPS) is 16.0. The average molecular weight is 344 g/mol. The molecule has 0 aromatic carbocycles. The highest BCUT2D eigenvalue weighted by Crippen LogP contribution is 2.17. The van der Waals surface area contributed by atoms with Crippen LogP contribution < -0.4 is 5.32 Å². The molecule has 2 amide bonds. The van der Waals surface area contributed by atoms with Crippen LogP contribution in [0, 0.1) is 19.8 Å². The average Bonchev–Trinajstić information content (AvgIpc) is 2.85. The summed E-state index contributed by atoms with van der Waals surface area (Å²) in [6, 6.07) is 1.78. The maximum absolute atomic E-state index is 12.5. The Hall–Kier alpha value is -1.53. The highest BCUT2D eigenvalue weighted by atomic mass is 35.5. The monoisotopic (exact) mass is 343 g/mol. The van der Waals surface area contributed by atoms with Crippen LogP contribution in [-0.2, 0) is 4.79 Å². The molecule has 130 valence electrons. The summed E-state index contributed by atoms with van der Waals surface area (Å²) < 4.78 is 5.43. The maximum Gasteiger partial charge on any atom is 0.257 e. The fourth-order valence-electron chi connectivity index (χ4n) is 2.85. The van der Waals surface area contributed by atoms with Gasteiger partial charge in [0, 0.05) is 38.6 Å².